The fourth-order valence-corrected chi connectivity index (χ4v) is 1.70. The fourth-order valence-electron chi connectivity index (χ4n) is 1.70. The fraction of sp³-hybridized carbons (Fsp3) is 0.900. The van der Waals surface area contributed by atoms with Crippen LogP contribution in [0.4, 0.5) is 0 Å². The SMILES string of the molecule is CC(C)(NC(=NC1CC1)NN)C1CC1. The van der Waals surface area contributed by atoms with Crippen LogP contribution in [0.3, 0.4) is 0 Å². The van der Waals surface area contributed by atoms with Crippen molar-refractivity contribution in [3.63, 3.8) is 0 Å². The molecule has 2 saturated carbocycles. The van der Waals surface area contributed by atoms with E-state index in [1.54, 1.807) is 0 Å². The Morgan fingerprint density at radius 1 is 1.29 bits per heavy atom. The topological polar surface area (TPSA) is 62.4 Å². The molecule has 0 spiro atoms. The Morgan fingerprint density at radius 2 is 1.93 bits per heavy atom. The molecule has 0 aliphatic heterocycles. The van der Waals surface area contributed by atoms with Gasteiger partial charge >= 0.3 is 0 Å². The summed E-state index contributed by atoms with van der Waals surface area (Å²) in [5, 5.41) is 3.39. The largest absolute Gasteiger partial charge is 0.350 e. The molecular formula is C10H20N4. The maximum absolute atomic E-state index is 5.43. The summed E-state index contributed by atoms with van der Waals surface area (Å²) in [7, 11) is 0. The van der Waals surface area contributed by atoms with Gasteiger partial charge < -0.3 is 5.32 Å². The van der Waals surface area contributed by atoms with Crippen LogP contribution < -0.4 is 16.6 Å². The molecule has 0 aromatic carbocycles. The zero-order valence-electron chi connectivity index (χ0n) is 9.01. The van der Waals surface area contributed by atoms with Crippen molar-refractivity contribution in [1.29, 1.82) is 0 Å². The van der Waals surface area contributed by atoms with E-state index in [0.29, 0.717) is 6.04 Å². The smallest absolute Gasteiger partial charge is 0.206 e. The molecular weight excluding hydrogens is 176 g/mol. The summed E-state index contributed by atoms with van der Waals surface area (Å²) in [5.74, 6) is 6.97. The summed E-state index contributed by atoms with van der Waals surface area (Å²) in [6.45, 7) is 4.43. The number of nitrogens with two attached hydrogens (primary N) is 1. The van der Waals surface area contributed by atoms with E-state index < -0.39 is 0 Å². The van der Waals surface area contributed by atoms with Crippen LogP contribution in [0.5, 0.6) is 0 Å². The van der Waals surface area contributed by atoms with Crippen LogP contribution in [0.1, 0.15) is 39.5 Å². The van der Waals surface area contributed by atoms with Crippen molar-refractivity contribution in [1.82, 2.24) is 10.7 Å². The van der Waals surface area contributed by atoms with Crippen molar-refractivity contribution in [2.75, 3.05) is 0 Å². The highest BCUT2D eigenvalue weighted by atomic mass is 15.3. The first-order valence-corrected chi connectivity index (χ1v) is 5.44. The molecule has 2 aliphatic rings. The molecule has 4 N–H and O–H groups in total. The van der Waals surface area contributed by atoms with Crippen LogP contribution in [0.15, 0.2) is 4.99 Å². The van der Waals surface area contributed by atoms with Crippen molar-refractivity contribution in [3.8, 4) is 0 Å². The summed E-state index contributed by atoms with van der Waals surface area (Å²) in [6.07, 6.45) is 5.05. The second kappa shape index (κ2) is 3.42. The molecule has 0 atom stereocenters. The van der Waals surface area contributed by atoms with E-state index in [1.165, 1.54) is 25.7 Å². The van der Waals surface area contributed by atoms with Gasteiger partial charge in [0.1, 0.15) is 0 Å². The zero-order valence-corrected chi connectivity index (χ0v) is 9.01. The van der Waals surface area contributed by atoms with Gasteiger partial charge in [-0.25, -0.2) is 10.8 Å². The molecule has 4 nitrogen and oxygen atoms in total. The van der Waals surface area contributed by atoms with E-state index in [0.717, 1.165) is 11.9 Å². The molecule has 0 bridgehead atoms. The van der Waals surface area contributed by atoms with Gasteiger partial charge in [0, 0.05) is 5.54 Å². The summed E-state index contributed by atoms with van der Waals surface area (Å²) in [6, 6.07) is 0.503. The lowest BCUT2D eigenvalue weighted by atomic mass is 9.99. The molecule has 14 heavy (non-hydrogen) atoms. The highest BCUT2D eigenvalue weighted by molar-refractivity contribution is 5.80. The number of hydrogen-bond donors (Lipinski definition) is 3. The average molecular weight is 196 g/mol. The van der Waals surface area contributed by atoms with E-state index in [2.05, 4.69) is 29.6 Å². The number of hydrogen-bond acceptors (Lipinski definition) is 2. The Labute approximate surface area is 85.3 Å². The predicted molar refractivity (Wildman–Crippen MR) is 57.7 cm³/mol. The lowest BCUT2D eigenvalue weighted by molar-refractivity contribution is 0.396. The van der Waals surface area contributed by atoms with Gasteiger partial charge in [-0.2, -0.15) is 0 Å². The predicted octanol–water partition coefficient (Wildman–Crippen LogP) is 0.746. The Bertz CT molecular complexity index is 239. The summed E-state index contributed by atoms with van der Waals surface area (Å²) < 4.78 is 0. The van der Waals surface area contributed by atoms with Crippen molar-refractivity contribution in [2.24, 2.45) is 16.8 Å². The van der Waals surface area contributed by atoms with Crippen molar-refractivity contribution in [3.05, 3.63) is 0 Å². The molecule has 2 fully saturated rings. The molecule has 0 amide bonds. The maximum atomic E-state index is 5.43. The summed E-state index contributed by atoms with van der Waals surface area (Å²) >= 11 is 0. The Morgan fingerprint density at radius 3 is 2.36 bits per heavy atom. The first-order chi connectivity index (χ1) is 6.62. The van der Waals surface area contributed by atoms with Gasteiger partial charge in [-0.05, 0) is 45.4 Å². The molecule has 2 aliphatic carbocycles. The molecule has 80 valence electrons. The van der Waals surface area contributed by atoms with E-state index >= 15 is 0 Å². The molecule has 0 saturated heterocycles. The van der Waals surface area contributed by atoms with Crippen molar-refractivity contribution >= 4 is 5.96 Å². The lowest BCUT2D eigenvalue weighted by Crippen LogP contribution is -2.52. The second-order valence-corrected chi connectivity index (χ2v) is 4.97. The van der Waals surface area contributed by atoms with Gasteiger partial charge in [-0.3, -0.25) is 5.43 Å². The quantitative estimate of drug-likeness (QED) is 0.270. The molecule has 0 unspecified atom stereocenters. The highest BCUT2D eigenvalue weighted by Gasteiger charge is 2.38. The molecule has 2 rings (SSSR count). The van der Waals surface area contributed by atoms with Crippen molar-refractivity contribution < 1.29 is 0 Å². The maximum Gasteiger partial charge on any atom is 0.206 e. The number of nitrogens with zero attached hydrogens (tertiary/aromatic N) is 1. The third-order valence-corrected chi connectivity index (χ3v) is 3.03. The minimum atomic E-state index is 0.125. The number of hydrazine groups is 1. The monoisotopic (exact) mass is 196 g/mol. The first-order valence-electron chi connectivity index (χ1n) is 5.44. The van der Waals surface area contributed by atoms with Crippen LogP contribution in [0.25, 0.3) is 0 Å². The Hall–Kier alpha value is -0.770. The number of aliphatic imine (C=N–C) groups is 1. The van der Waals surface area contributed by atoms with E-state index in [4.69, 9.17) is 5.84 Å². The third kappa shape index (κ3) is 2.38. The third-order valence-electron chi connectivity index (χ3n) is 3.03. The van der Waals surface area contributed by atoms with Gasteiger partial charge in [0.2, 0.25) is 5.96 Å². The number of rotatable bonds is 3. The van der Waals surface area contributed by atoms with Gasteiger partial charge in [0.25, 0.3) is 0 Å². The minimum Gasteiger partial charge on any atom is -0.350 e. The Balaban J connectivity index is 1.92. The average Bonchev–Trinajstić information content (AvgIpc) is 2.96. The van der Waals surface area contributed by atoms with Crippen LogP contribution in [0, 0.1) is 5.92 Å². The molecule has 0 radical (unpaired) electrons. The van der Waals surface area contributed by atoms with Crippen LogP contribution in [0.2, 0.25) is 0 Å². The Kier molecular flexibility index (Phi) is 2.39. The van der Waals surface area contributed by atoms with Crippen LogP contribution in [-0.2, 0) is 0 Å². The lowest BCUT2D eigenvalue weighted by Gasteiger charge is -2.27. The summed E-state index contributed by atoms with van der Waals surface area (Å²) in [5.41, 5.74) is 2.78. The van der Waals surface area contributed by atoms with Gasteiger partial charge in [-0.1, -0.05) is 0 Å². The first kappa shape index (κ1) is 9.77. The van der Waals surface area contributed by atoms with Crippen molar-refractivity contribution in [2.45, 2.75) is 51.1 Å². The normalized spacial score (nSPS) is 23.5. The van der Waals surface area contributed by atoms with Gasteiger partial charge in [0.05, 0.1) is 6.04 Å². The second-order valence-electron chi connectivity index (χ2n) is 4.97. The molecule has 0 aromatic rings. The minimum absolute atomic E-state index is 0.125. The molecule has 0 aromatic heterocycles. The van der Waals surface area contributed by atoms with Crippen LogP contribution >= 0.6 is 0 Å². The van der Waals surface area contributed by atoms with Gasteiger partial charge in [-0.15, -0.1) is 0 Å². The standard InChI is InChI=1S/C10H20N4/c1-10(2,7-3-4-7)13-9(14-11)12-8-5-6-8/h7-8H,3-6,11H2,1-2H3,(H2,12,13,14). The zero-order chi connectivity index (χ0) is 10.2. The van der Waals surface area contributed by atoms with E-state index in [-0.39, 0.29) is 5.54 Å². The van der Waals surface area contributed by atoms with E-state index in [9.17, 15) is 0 Å². The van der Waals surface area contributed by atoms with Crippen LogP contribution in [-0.4, -0.2) is 17.5 Å². The molecule has 0 heterocycles. The number of guanidine groups is 1. The highest BCUT2D eigenvalue weighted by Crippen LogP contribution is 2.39. The van der Waals surface area contributed by atoms with E-state index in [1.807, 2.05) is 0 Å². The summed E-state index contributed by atoms with van der Waals surface area (Å²) in [4.78, 5) is 4.47. The molecule has 4 heteroatoms. The number of nitrogens with one attached hydrogen (secondary N) is 2. The van der Waals surface area contributed by atoms with Gasteiger partial charge in [0.15, 0.2) is 0 Å².